The van der Waals surface area contributed by atoms with Crippen molar-refractivity contribution in [3.05, 3.63) is 65.0 Å². The first-order valence-electron chi connectivity index (χ1n) is 6.27. The Morgan fingerprint density at radius 1 is 1.11 bits per heavy atom. The third-order valence-electron chi connectivity index (χ3n) is 3.02. The molecule has 2 aromatic carbocycles. The molecule has 0 aliphatic carbocycles. The van der Waals surface area contributed by atoms with E-state index >= 15 is 0 Å². The largest absolute Gasteiger partial charge is 0.381 e. The maximum absolute atomic E-state index is 13.6. The smallest absolute Gasteiger partial charge is 0.128 e. The molecule has 0 radical (unpaired) electrons. The number of nitrogens with one attached hydrogen (secondary N) is 1. The summed E-state index contributed by atoms with van der Waals surface area (Å²) in [5.41, 5.74) is 4.10. The minimum absolute atomic E-state index is 0.153. The first-order valence-corrected chi connectivity index (χ1v) is 6.27. The first-order chi connectivity index (χ1) is 8.69. The summed E-state index contributed by atoms with van der Waals surface area (Å²) < 4.78 is 13.6. The molecule has 0 amide bonds. The van der Waals surface area contributed by atoms with Crippen LogP contribution in [0.4, 0.5) is 10.1 Å². The molecule has 0 unspecified atom stereocenters. The van der Waals surface area contributed by atoms with Crippen LogP contribution in [0.3, 0.4) is 0 Å². The summed E-state index contributed by atoms with van der Waals surface area (Å²) in [5.74, 6) is -0.153. The normalized spacial score (nSPS) is 10.4. The fourth-order valence-electron chi connectivity index (χ4n) is 1.94. The van der Waals surface area contributed by atoms with Crippen LogP contribution in [0.2, 0.25) is 0 Å². The van der Waals surface area contributed by atoms with Crippen LogP contribution in [0.15, 0.2) is 42.5 Å². The van der Waals surface area contributed by atoms with E-state index in [1.807, 2.05) is 25.1 Å². The number of rotatable bonds is 4. The van der Waals surface area contributed by atoms with Crippen LogP contribution in [0, 0.1) is 12.7 Å². The molecular formula is C16H18FN. The van der Waals surface area contributed by atoms with Crippen LogP contribution in [-0.2, 0) is 13.0 Å². The van der Waals surface area contributed by atoms with E-state index in [9.17, 15) is 4.39 Å². The lowest BCUT2D eigenvalue weighted by molar-refractivity contribution is 0.612. The van der Waals surface area contributed by atoms with Crippen LogP contribution in [0.1, 0.15) is 23.6 Å². The van der Waals surface area contributed by atoms with Gasteiger partial charge in [-0.2, -0.15) is 0 Å². The zero-order valence-corrected chi connectivity index (χ0v) is 10.8. The zero-order chi connectivity index (χ0) is 13.0. The molecule has 0 aliphatic heterocycles. The number of benzene rings is 2. The fraction of sp³-hybridized carbons (Fsp3) is 0.250. The lowest BCUT2D eigenvalue weighted by Crippen LogP contribution is -2.02. The Labute approximate surface area is 108 Å². The van der Waals surface area contributed by atoms with Crippen molar-refractivity contribution in [2.75, 3.05) is 5.32 Å². The molecular weight excluding hydrogens is 225 g/mol. The standard InChI is InChI=1S/C16H18FN/c1-3-13-5-4-6-15(10-13)18-11-14-9-12(2)7-8-16(14)17/h4-10,18H,3,11H2,1-2H3. The average Bonchev–Trinajstić information content (AvgIpc) is 2.40. The molecule has 0 atom stereocenters. The van der Waals surface area contributed by atoms with E-state index in [-0.39, 0.29) is 5.82 Å². The minimum Gasteiger partial charge on any atom is -0.381 e. The molecule has 2 aromatic rings. The molecule has 0 aliphatic rings. The molecule has 0 fully saturated rings. The Balaban J connectivity index is 2.08. The van der Waals surface area contributed by atoms with Gasteiger partial charge in [0.25, 0.3) is 0 Å². The number of anilines is 1. The Bertz CT molecular complexity index is 534. The number of hydrogen-bond donors (Lipinski definition) is 1. The molecule has 2 heteroatoms. The number of halogens is 1. The van der Waals surface area contributed by atoms with Crippen molar-refractivity contribution >= 4 is 5.69 Å². The van der Waals surface area contributed by atoms with Crippen molar-refractivity contribution in [1.82, 2.24) is 0 Å². The fourth-order valence-corrected chi connectivity index (χ4v) is 1.94. The Kier molecular flexibility index (Phi) is 3.98. The van der Waals surface area contributed by atoms with Gasteiger partial charge in [0, 0.05) is 17.8 Å². The van der Waals surface area contributed by atoms with Gasteiger partial charge in [0.15, 0.2) is 0 Å². The van der Waals surface area contributed by atoms with Crippen molar-refractivity contribution in [3.63, 3.8) is 0 Å². The lowest BCUT2D eigenvalue weighted by Gasteiger charge is -2.09. The quantitative estimate of drug-likeness (QED) is 0.843. The molecule has 1 nitrogen and oxygen atoms in total. The van der Waals surface area contributed by atoms with Crippen molar-refractivity contribution in [2.45, 2.75) is 26.8 Å². The topological polar surface area (TPSA) is 12.0 Å². The molecule has 0 spiro atoms. The van der Waals surface area contributed by atoms with Gasteiger partial charge in [-0.25, -0.2) is 4.39 Å². The van der Waals surface area contributed by atoms with E-state index in [1.165, 1.54) is 11.6 Å². The second-order valence-electron chi connectivity index (χ2n) is 4.50. The number of hydrogen-bond acceptors (Lipinski definition) is 1. The molecule has 94 valence electrons. The van der Waals surface area contributed by atoms with Crippen molar-refractivity contribution < 1.29 is 4.39 Å². The predicted octanol–water partition coefficient (Wildman–Crippen LogP) is 4.31. The highest BCUT2D eigenvalue weighted by Gasteiger charge is 2.02. The second kappa shape index (κ2) is 5.67. The molecule has 0 heterocycles. The van der Waals surface area contributed by atoms with Crippen LogP contribution in [-0.4, -0.2) is 0 Å². The molecule has 2 rings (SSSR count). The van der Waals surface area contributed by atoms with Crippen LogP contribution >= 0.6 is 0 Å². The lowest BCUT2D eigenvalue weighted by atomic mass is 10.1. The van der Waals surface area contributed by atoms with Gasteiger partial charge in [0.1, 0.15) is 5.82 Å². The molecule has 0 aromatic heterocycles. The van der Waals surface area contributed by atoms with E-state index in [4.69, 9.17) is 0 Å². The first kappa shape index (κ1) is 12.6. The highest BCUT2D eigenvalue weighted by Crippen LogP contribution is 2.15. The van der Waals surface area contributed by atoms with Crippen molar-refractivity contribution in [2.24, 2.45) is 0 Å². The predicted molar refractivity (Wildman–Crippen MR) is 74.3 cm³/mol. The van der Waals surface area contributed by atoms with Crippen molar-refractivity contribution in [3.8, 4) is 0 Å². The molecule has 0 saturated heterocycles. The summed E-state index contributed by atoms with van der Waals surface area (Å²) in [6.45, 7) is 4.61. The third kappa shape index (κ3) is 3.10. The highest BCUT2D eigenvalue weighted by atomic mass is 19.1. The maximum Gasteiger partial charge on any atom is 0.128 e. The Morgan fingerprint density at radius 2 is 1.94 bits per heavy atom. The van der Waals surface area contributed by atoms with E-state index in [0.717, 1.165) is 17.7 Å². The van der Waals surface area contributed by atoms with Gasteiger partial charge in [-0.1, -0.05) is 36.8 Å². The second-order valence-corrected chi connectivity index (χ2v) is 4.50. The SMILES string of the molecule is CCc1cccc(NCc2cc(C)ccc2F)c1. The van der Waals surface area contributed by atoms with E-state index in [2.05, 4.69) is 24.4 Å². The monoisotopic (exact) mass is 243 g/mol. The summed E-state index contributed by atoms with van der Waals surface area (Å²) in [5, 5.41) is 3.26. The summed E-state index contributed by atoms with van der Waals surface area (Å²) in [6.07, 6.45) is 1.01. The molecule has 18 heavy (non-hydrogen) atoms. The van der Waals surface area contributed by atoms with Crippen LogP contribution in [0.25, 0.3) is 0 Å². The molecule has 0 saturated carbocycles. The van der Waals surface area contributed by atoms with Crippen molar-refractivity contribution in [1.29, 1.82) is 0 Å². The van der Waals surface area contributed by atoms with Gasteiger partial charge in [0.05, 0.1) is 0 Å². The van der Waals surface area contributed by atoms with Gasteiger partial charge < -0.3 is 5.32 Å². The average molecular weight is 243 g/mol. The van der Waals surface area contributed by atoms with Gasteiger partial charge >= 0.3 is 0 Å². The highest BCUT2D eigenvalue weighted by molar-refractivity contribution is 5.46. The zero-order valence-electron chi connectivity index (χ0n) is 10.8. The summed E-state index contributed by atoms with van der Waals surface area (Å²) in [6, 6.07) is 13.4. The molecule has 0 bridgehead atoms. The Morgan fingerprint density at radius 3 is 2.72 bits per heavy atom. The minimum atomic E-state index is -0.153. The summed E-state index contributed by atoms with van der Waals surface area (Å²) in [7, 11) is 0. The number of aryl methyl sites for hydroxylation is 2. The van der Waals surface area contributed by atoms with Gasteiger partial charge in [-0.15, -0.1) is 0 Å². The Hall–Kier alpha value is -1.83. The van der Waals surface area contributed by atoms with E-state index < -0.39 is 0 Å². The van der Waals surface area contributed by atoms with Gasteiger partial charge in [-0.3, -0.25) is 0 Å². The summed E-state index contributed by atoms with van der Waals surface area (Å²) in [4.78, 5) is 0. The maximum atomic E-state index is 13.6. The van der Waals surface area contributed by atoms with Gasteiger partial charge in [-0.05, 0) is 37.1 Å². The van der Waals surface area contributed by atoms with Crippen LogP contribution in [0.5, 0.6) is 0 Å². The summed E-state index contributed by atoms with van der Waals surface area (Å²) >= 11 is 0. The van der Waals surface area contributed by atoms with E-state index in [0.29, 0.717) is 12.1 Å². The van der Waals surface area contributed by atoms with Crippen LogP contribution < -0.4 is 5.32 Å². The molecule has 1 N–H and O–H groups in total. The third-order valence-corrected chi connectivity index (χ3v) is 3.02. The van der Waals surface area contributed by atoms with E-state index in [1.54, 1.807) is 6.07 Å². The van der Waals surface area contributed by atoms with Gasteiger partial charge in [0.2, 0.25) is 0 Å².